The molecular weight excluding hydrogens is 242 g/mol. The second kappa shape index (κ2) is 7.03. The topological polar surface area (TPSA) is 64.3 Å². The molecule has 1 aromatic rings. The summed E-state index contributed by atoms with van der Waals surface area (Å²) in [7, 11) is 1.54. The maximum atomic E-state index is 12.4. The van der Waals surface area contributed by atoms with Crippen LogP contribution in [0.25, 0.3) is 0 Å². The van der Waals surface area contributed by atoms with Crippen LogP contribution in [-0.4, -0.2) is 26.2 Å². The molecule has 0 fully saturated rings. The number of hydrogen-bond acceptors (Lipinski definition) is 3. The summed E-state index contributed by atoms with van der Waals surface area (Å²) in [5.74, 6) is -0.559. The van der Waals surface area contributed by atoms with E-state index in [0.29, 0.717) is 18.7 Å². The Morgan fingerprint density at radius 3 is 2.33 bits per heavy atom. The van der Waals surface area contributed by atoms with Gasteiger partial charge in [-0.15, -0.1) is 0 Å². The van der Waals surface area contributed by atoms with Gasteiger partial charge in [-0.1, -0.05) is 24.3 Å². The van der Waals surface area contributed by atoms with Crippen molar-refractivity contribution in [3.63, 3.8) is 0 Å². The van der Waals surface area contributed by atoms with Crippen LogP contribution < -0.4 is 11.1 Å². The largest absolute Gasteiger partial charge is 0.383 e. The quantitative estimate of drug-likeness (QED) is 0.726. The number of alkyl halides is 2. The normalized spacial score (nSPS) is 12.7. The number of halogens is 2. The van der Waals surface area contributed by atoms with E-state index in [-0.39, 0.29) is 5.56 Å². The van der Waals surface area contributed by atoms with Crippen molar-refractivity contribution in [3.05, 3.63) is 35.4 Å². The zero-order valence-electron chi connectivity index (χ0n) is 10.0. The molecule has 0 spiro atoms. The number of primary amides is 1. The fourth-order valence-electron chi connectivity index (χ4n) is 1.52. The predicted octanol–water partition coefficient (Wildman–Crippen LogP) is 1.39. The third-order valence-electron chi connectivity index (χ3n) is 2.46. The van der Waals surface area contributed by atoms with Crippen LogP contribution in [0.4, 0.5) is 8.78 Å². The molecule has 0 aliphatic heterocycles. The molecule has 0 heterocycles. The van der Waals surface area contributed by atoms with Gasteiger partial charge in [0.2, 0.25) is 5.91 Å². The fourth-order valence-corrected chi connectivity index (χ4v) is 1.52. The molecule has 0 bridgehead atoms. The molecule has 0 aromatic heterocycles. The van der Waals surface area contributed by atoms with Gasteiger partial charge in [0, 0.05) is 19.2 Å². The number of benzene rings is 1. The number of rotatable bonds is 7. The highest BCUT2D eigenvalue weighted by molar-refractivity contribution is 5.81. The summed E-state index contributed by atoms with van der Waals surface area (Å²) in [6, 6.07) is 4.81. The SMILES string of the molecule is COCCNC(C(N)=O)c1ccc(C(F)F)cc1. The molecule has 0 aliphatic carbocycles. The van der Waals surface area contributed by atoms with Gasteiger partial charge >= 0.3 is 0 Å². The van der Waals surface area contributed by atoms with Crippen molar-refractivity contribution in [1.82, 2.24) is 5.32 Å². The molecule has 0 radical (unpaired) electrons. The summed E-state index contributed by atoms with van der Waals surface area (Å²) in [4.78, 5) is 11.3. The summed E-state index contributed by atoms with van der Waals surface area (Å²) < 4.78 is 29.6. The van der Waals surface area contributed by atoms with Crippen LogP contribution in [0.1, 0.15) is 23.6 Å². The lowest BCUT2D eigenvalue weighted by atomic mass is 10.0. The minimum absolute atomic E-state index is 0.0844. The summed E-state index contributed by atoms with van der Waals surface area (Å²) in [5, 5.41) is 2.90. The predicted molar refractivity (Wildman–Crippen MR) is 63.2 cm³/mol. The van der Waals surface area contributed by atoms with E-state index in [2.05, 4.69) is 5.32 Å². The van der Waals surface area contributed by atoms with Crippen LogP contribution in [0, 0.1) is 0 Å². The molecule has 0 aliphatic rings. The smallest absolute Gasteiger partial charge is 0.263 e. The van der Waals surface area contributed by atoms with E-state index in [0.717, 1.165) is 0 Å². The lowest BCUT2D eigenvalue weighted by molar-refractivity contribution is -0.120. The van der Waals surface area contributed by atoms with E-state index in [4.69, 9.17) is 10.5 Å². The number of amides is 1. The summed E-state index contributed by atoms with van der Waals surface area (Å²) in [6.07, 6.45) is -2.52. The molecule has 1 amide bonds. The van der Waals surface area contributed by atoms with Gasteiger partial charge in [-0.2, -0.15) is 0 Å². The van der Waals surface area contributed by atoms with Gasteiger partial charge in [0.1, 0.15) is 6.04 Å². The zero-order valence-corrected chi connectivity index (χ0v) is 10.0. The first-order valence-corrected chi connectivity index (χ1v) is 5.46. The average Bonchev–Trinajstić information content (AvgIpc) is 2.34. The van der Waals surface area contributed by atoms with E-state index in [9.17, 15) is 13.6 Å². The van der Waals surface area contributed by atoms with E-state index in [1.807, 2.05) is 0 Å². The number of carbonyl (C=O) groups is 1. The molecule has 18 heavy (non-hydrogen) atoms. The molecule has 3 N–H and O–H groups in total. The first kappa shape index (κ1) is 14.5. The molecular formula is C12H16F2N2O2. The second-order valence-electron chi connectivity index (χ2n) is 3.75. The summed E-state index contributed by atoms with van der Waals surface area (Å²) >= 11 is 0. The van der Waals surface area contributed by atoms with Crippen LogP contribution >= 0.6 is 0 Å². The molecule has 1 unspecified atom stereocenters. The fraction of sp³-hybridized carbons (Fsp3) is 0.417. The Morgan fingerprint density at radius 1 is 1.33 bits per heavy atom. The molecule has 1 aromatic carbocycles. The van der Waals surface area contributed by atoms with Crippen molar-refractivity contribution in [2.24, 2.45) is 5.73 Å². The highest BCUT2D eigenvalue weighted by Gasteiger charge is 2.17. The van der Waals surface area contributed by atoms with Crippen LogP contribution in [0.3, 0.4) is 0 Å². The molecule has 0 saturated carbocycles. The summed E-state index contributed by atoms with van der Waals surface area (Å²) in [5.41, 5.74) is 5.73. The third-order valence-corrected chi connectivity index (χ3v) is 2.46. The highest BCUT2D eigenvalue weighted by Crippen LogP contribution is 2.21. The van der Waals surface area contributed by atoms with E-state index in [1.54, 1.807) is 7.11 Å². The van der Waals surface area contributed by atoms with Gasteiger partial charge in [-0.05, 0) is 5.56 Å². The van der Waals surface area contributed by atoms with Crippen molar-refractivity contribution in [3.8, 4) is 0 Å². The van der Waals surface area contributed by atoms with Gasteiger partial charge in [-0.25, -0.2) is 8.78 Å². The number of hydrogen-bond donors (Lipinski definition) is 2. The Labute approximate surface area is 104 Å². The van der Waals surface area contributed by atoms with Crippen molar-refractivity contribution in [2.45, 2.75) is 12.5 Å². The minimum atomic E-state index is -2.52. The van der Waals surface area contributed by atoms with Crippen LogP contribution in [0.5, 0.6) is 0 Å². The average molecular weight is 258 g/mol. The first-order chi connectivity index (χ1) is 8.56. The Balaban J connectivity index is 2.76. The molecule has 6 heteroatoms. The highest BCUT2D eigenvalue weighted by atomic mass is 19.3. The van der Waals surface area contributed by atoms with Gasteiger partial charge in [-0.3, -0.25) is 10.1 Å². The lowest BCUT2D eigenvalue weighted by Crippen LogP contribution is -2.35. The standard InChI is InChI=1S/C12H16F2N2O2/c1-18-7-6-16-10(12(15)17)8-2-4-9(5-3-8)11(13)14/h2-5,10-11,16H,6-7H2,1H3,(H2,15,17). The number of carbonyl (C=O) groups excluding carboxylic acids is 1. The van der Waals surface area contributed by atoms with E-state index < -0.39 is 18.4 Å². The molecule has 4 nitrogen and oxygen atoms in total. The van der Waals surface area contributed by atoms with E-state index in [1.165, 1.54) is 24.3 Å². The molecule has 1 rings (SSSR count). The maximum Gasteiger partial charge on any atom is 0.263 e. The first-order valence-electron chi connectivity index (χ1n) is 5.46. The molecule has 1 atom stereocenters. The van der Waals surface area contributed by atoms with Crippen LogP contribution in [0.2, 0.25) is 0 Å². The molecule has 100 valence electrons. The van der Waals surface area contributed by atoms with Gasteiger partial charge < -0.3 is 10.5 Å². The second-order valence-corrected chi connectivity index (χ2v) is 3.75. The van der Waals surface area contributed by atoms with Crippen molar-refractivity contribution >= 4 is 5.91 Å². The van der Waals surface area contributed by atoms with Crippen molar-refractivity contribution < 1.29 is 18.3 Å². The third kappa shape index (κ3) is 4.05. The minimum Gasteiger partial charge on any atom is -0.383 e. The van der Waals surface area contributed by atoms with Gasteiger partial charge in [0.25, 0.3) is 6.43 Å². The maximum absolute atomic E-state index is 12.4. The number of methoxy groups -OCH3 is 1. The van der Waals surface area contributed by atoms with Crippen LogP contribution in [-0.2, 0) is 9.53 Å². The van der Waals surface area contributed by atoms with Gasteiger partial charge in [0.15, 0.2) is 0 Å². The van der Waals surface area contributed by atoms with Crippen molar-refractivity contribution in [1.29, 1.82) is 0 Å². The number of nitrogens with one attached hydrogen (secondary N) is 1. The Bertz CT molecular complexity index is 382. The van der Waals surface area contributed by atoms with E-state index >= 15 is 0 Å². The number of ether oxygens (including phenoxy) is 1. The Morgan fingerprint density at radius 2 is 1.89 bits per heavy atom. The zero-order chi connectivity index (χ0) is 13.5. The Hall–Kier alpha value is -1.53. The van der Waals surface area contributed by atoms with Crippen LogP contribution in [0.15, 0.2) is 24.3 Å². The van der Waals surface area contributed by atoms with Crippen molar-refractivity contribution in [2.75, 3.05) is 20.3 Å². The summed E-state index contributed by atoms with van der Waals surface area (Å²) in [6.45, 7) is 0.875. The lowest BCUT2D eigenvalue weighted by Gasteiger charge is -2.16. The Kier molecular flexibility index (Phi) is 5.67. The number of nitrogens with two attached hydrogens (primary N) is 1. The molecule has 0 saturated heterocycles. The van der Waals surface area contributed by atoms with Gasteiger partial charge in [0.05, 0.1) is 6.61 Å². The monoisotopic (exact) mass is 258 g/mol.